The minimum absolute atomic E-state index is 0.00232. The van der Waals surface area contributed by atoms with Crippen molar-refractivity contribution in [3.8, 4) is 33.4 Å². The Morgan fingerprint density at radius 3 is 1.83 bits per heavy atom. The van der Waals surface area contributed by atoms with Gasteiger partial charge in [-0.05, 0) is 150 Å². The molecule has 0 amide bonds. The Labute approximate surface area is 421 Å². The maximum Gasteiger partial charge on any atom is 0.333 e. The molecule has 8 aromatic carbocycles. The molecule has 0 atom stereocenters. The van der Waals surface area contributed by atoms with E-state index in [1.165, 1.54) is 106 Å². The summed E-state index contributed by atoms with van der Waals surface area (Å²) in [7, 11) is 0. The van der Waals surface area contributed by atoms with Gasteiger partial charge >= 0.3 is 6.85 Å². The van der Waals surface area contributed by atoms with E-state index >= 15 is 0 Å². The summed E-state index contributed by atoms with van der Waals surface area (Å²) in [6.45, 7) is 28.6. The Kier molecular flexibility index (Phi) is 9.12. The van der Waals surface area contributed by atoms with Gasteiger partial charge in [-0.25, -0.2) is 0 Å². The van der Waals surface area contributed by atoms with Crippen LogP contribution in [0.4, 0.5) is 28.4 Å². The standard InChI is InChI=1S/C67H65BN2O/c1-63(2,3)41-26-29-43(30-27-41)70-55-39-52-51(65(7,8)34-35-66(52,9)10)37-49(55)58-60-56(38-48-45-23-17-19-25-57(45)71-62(48)58)69(53-32-28-42(64(4,5)6)36-47(53)40-20-14-13-15-21-40)54-33-31-46-44-22-16-18-24-50(44)67(11,12)59(46)61(54)68(60)70/h13-33,36-39H,34-35H2,1-12H3. The molecule has 71 heavy (non-hydrogen) atoms. The van der Waals surface area contributed by atoms with E-state index in [4.69, 9.17) is 4.42 Å². The predicted molar refractivity (Wildman–Crippen MR) is 303 cm³/mol. The molecule has 1 aromatic heterocycles. The molecule has 4 heteroatoms. The lowest BCUT2D eigenvalue weighted by Gasteiger charge is -2.49. The Morgan fingerprint density at radius 2 is 1.11 bits per heavy atom. The third-order valence-electron chi connectivity index (χ3n) is 17.4. The molecule has 0 saturated carbocycles. The molecule has 0 spiro atoms. The smallest absolute Gasteiger partial charge is 0.333 e. The van der Waals surface area contributed by atoms with Gasteiger partial charge in [-0.3, -0.25) is 0 Å². The molecule has 0 bridgehead atoms. The van der Waals surface area contributed by atoms with Gasteiger partial charge in [-0.1, -0.05) is 180 Å². The van der Waals surface area contributed by atoms with Crippen LogP contribution in [0.15, 0.2) is 156 Å². The Balaban J connectivity index is 1.25. The molecule has 0 saturated heterocycles. The summed E-state index contributed by atoms with van der Waals surface area (Å²) in [6.07, 6.45) is 2.27. The van der Waals surface area contributed by atoms with Gasteiger partial charge in [0.15, 0.2) is 0 Å². The number of para-hydroxylation sites is 1. The van der Waals surface area contributed by atoms with Crippen molar-refractivity contribution in [1.29, 1.82) is 0 Å². The average molecular weight is 925 g/mol. The summed E-state index contributed by atoms with van der Waals surface area (Å²) in [6, 6.07) is 58.4. The number of hydrogen-bond acceptors (Lipinski definition) is 3. The molecule has 0 fully saturated rings. The number of nitrogens with zero attached hydrogens (tertiary/aromatic N) is 2. The first-order valence-corrected chi connectivity index (χ1v) is 26.1. The predicted octanol–water partition coefficient (Wildman–Crippen LogP) is 17.2. The molecule has 3 nitrogen and oxygen atoms in total. The van der Waals surface area contributed by atoms with Gasteiger partial charge in [-0.2, -0.15) is 0 Å². The van der Waals surface area contributed by atoms with Gasteiger partial charge in [-0.15, -0.1) is 0 Å². The minimum Gasteiger partial charge on any atom is -0.455 e. The van der Waals surface area contributed by atoms with Gasteiger partial charge < -0.3 is 14.1 Å². The SMILES string of the molecule is CC(C)(C)c1ccc(N2B3c4c(ccc5c4C(C)(C)c4ccccc4-5)N(c4ccc(C(C)(C)C)cc4-c4ccccc4)c4cc5c(oc6ccccc65)c(c43)-c3cc4c(cc32)C(C)(C)CCC4(C)C)cc1. The van der Waals surface area contributed by atoms with Crippen LogP contribution in [-0.2, 0) is 27.1 Å². The molecule has 4 aliphatic rings. The van der Waals surface area contributed by atoms with Crippen molar-refractivity contribution in [3.63, 3.8) is 0 Å². The number of rotatable bonds is 3. The fourth-order valence-electron chi connectivity index (χ4n) is 13.4. The first-order chi connectivity index (χ1) is 33.7. The highest BCUT2D eigenvalue weighted by Gasteiger charge is 2.52. The van der Waals surface area contributed by atoms with E-state index in [1.54, 1.807) is 0 Å². The highest BCUT2D eigenvalue weighted by molar-refractivity contribution is 6.94. The zero-order valence-corrected chi connectivity index (χ0v) is 43.7. The molecule has 3 heterocycles. The molecular formula is C67H65BN2O. The number of anilines is 5. The molecule has 0 unspecified atom stereocenters. The largest absolute Gasteiger partial charge is 0.455 e. The van der Waals surface area contributed by atoms with Crippen LogP contribution in [0, 0.1) is 0 Å². The van der Waals surface area contributed by atoms with Gasteiger partial charge in [0.1, 0.15) is 11.2 Å². The topological polar surface area (TPSA) is 19.6 Å². The lowest BCUT2D eigenvalue weighted by Crippen LogP contribution is -2.63. The lowest BCUT2D eigenvalue weighted by molar-refractivity contribution is 0.332. The zero-order chi connectivity index (χ0) is 49.3. The summed E-state index contributed by atoms with van der Waals surface area (Å²) >= 11 is 0. The fraction of sp³-hybridized carbons (Fsp3) is 0.284. The van der Waals surface area contributed by atoms with Crippen molar-refractivity contribution in [2.75, 3.05) is 9.71 Å². The summed E-state index contributed by atoms with van der Waals surface area (Å²) < 4.78 is 7.33. The van der Waals surface area contributed by atoms with E-state index in [1.807, 2.05) is 0 Å². The van der Waals surface area contributed by atoms with Gasteiger partial charge in [0, 0.05) is 55.6 Å². The van der Waals surface area contributed by atoms with Crippen LogP contribution >= 0.6 is 0 Å². The third kappa shape index (κ3) is 6.28. The second-order valence-corrected chi connectivity index (χ2v) is 25.2. The molecule has 2 aliphatic heterocycles. The molecule has 0 radical (unpaired) electrons. The van der Waals surface area contributed by atoms with E-state index < -0.39 is 0 Å². The van der Waals surface area contributed by atoms with Crippen molar-refractivity contribution in [2.45, 2.75) is 123 Å². The normalized spacial score (nSPS) is 16.9. The van der Waals surface area contributed by atoms with Gasteiger partial charge in [0.05, 0.1) is 5.69 Å². The first-order valence-electron chi connectivity index (χ1n) is 26.1. The second-order valence-electron chi connectivity index (χ2n) is 25.2. The lowest BCUT2D eigenvalue weighted by atomic mass is 9.41. The average Bonchev–Trinajstić information content (AvgIpc) is 3.83. The Morgan fingerprint density at radius 1 is 0.479 bits per heavy atom. The van der Waals surface area contributed by atoms with Crippen LogP contribution in [0.5, 0.6) is 0 Å². The van der Waals surface area contributed by atoms with Crippen molar-refractivity contribution in [3.05, 3.63) is 185 Å². The van der Waals surface area contributed by atoms with Crippen molar-refractivity contribution in [1.82, 2.24) is 0 Å². The van der Waals surface area contributed by atoms with E-state index in [0.717, 1.165) is 34.8 Å². The first kappa shape index (κ1) is 44.2. The Bertz CT molecular complexity index is 3710. The highest BCUT2D eigenvalue weighted by atomic mass is 16.3. The van der Waals surface area contributed by atoms with E-state index in [9.17, 15) is 0 Å². The molecule has 352 valence electrons. The van der Waals surface area contributed by atoms with Crippen molar-refractivity contribution in [2.24, 2.45) is 0 Å². The number of furan rings is 1. The quantitative estimate of drug-likeness (QED) is 0.165. The second kappa shape index (κ2) is 14.7. The summed E-state index contributed by atoms with van der Waals surface area (Å²) in [5.74, 6) is 0. The van der Waals surface area contributed by atoms with Crippen LogP contribution in [0.2, 0.25) is 0 Å². The highest BCUT2D eigenvalue weighted by Crippen LogP contribution is 2.58. The fourth-order valence-corrected chi connectivity index (χ4v) is 13.4. The van der Waals surface area contributed by atoms with E-state index in [-0.39, 0.29) is 33.9 Å². The maximum atomic E-state index is 7.33. The van der Waals surface area contributed by atoms with Crippen LogP contribution < -0.4 is 20.6 Å². The van der Waals surface area contributed by atoms with Crippen molar-refractivity contribution < 1.29 is 4.42 Å². The van der Waals surface area contributed by atoms with E-state index in [0.29, 0.717) is 0 Å². The van der Waals surface area contributed by atoms with Crippen LogP contribution in [0.1, 0.15) is 129 Å². The number of benzene rings is 8. The summed E-state index contributed by atoms with van der Waals surface area (Å²) in [5.41, 5.74) is 26.1. The maximum absolute atomic E-state index is 7.33. The number of fused-ring (bicyclic) bond motifs is 13. The Hall–Kier alpha value is -6.78. The molecule has 0 N–H and O–H groups in total. The zero-order valence-electron chi connectivity index (χ0n) is 43.7. The van der Waals surface area contributed by atoms with Gasteiger partial charge in [0.2, 0.25) is 0 Å². The van der Waals surface area contributed by atoms with Crippen LogP contribution in [0.25, 0.3) is 55.3 Å². The monoisotopic (exact) mass is 925 g/mol. The van der Waals surface area contributed by atoms with Crippen LogP contribution in [-0.4, -0.2) is 6.85 Å². The van der Waals surface area contributed by atoms with Crippen LogP contribution in [0.3, 0.4) is 0 Å². The minimum atomic E-state index is -0.299. The summed E-state index contributed by atoms with van der Waals surface area (Å²) in [5, 5.41) is 2.29. The third-order valence-corrected chi connectivity index (χ3v) is 17.4. The molecule has 13 rings (SSSR count). The van der Waals surface area contributed by atoms with Gasteiger partial charge in [0.25, 0.3) is 0 Å². The molecule has 2 aliphatic carbocycles. The number of hydrogen-bond donors (Lipinski definition) is 0. The molecular weight excluding hydrogens is 860 g/mol. The molecule has 9 aromatic rings. The summed E-state index contributed by atoms with van der Waals surface area (Å²) in [4.78, 5) is 5.42. The van der Waals surface area contributed by atoms with E-state index in [2.05, 4.69) is 244 Å². The van der Waals surface area contributed by atoms with Crippen molar-refractivity contribution >= 4 is 68.1 Å².